The summed E-state index contributed by atoms with van der Waals surface area (Å²) in [5.74, 6) is -11.3. The van der Waals surface area contributed by atoms with E-state index in [0.29, 0.717) is 18.8 Å². The average Bonchev–Trinajstić information content (AvgIpc) is 2.85. The number of unbranched alkanes of at least 4 members (excludes halogenated alkanes) is 1. The molecule has 0 amide bonds. The standard InChI is InChI=1S/C30H36F10O/c1-2-3-4-16-5-7-17(8-6-16)18-9-10-21(22(31)11-18)19-12-23(32)28(24(33)13-19)30(39,40)41-20-14-25(34)27(26(35)15-20)29(36,37)38/h5,7,11-12,14,16-21,24,26-28H,2-4,6,8-10,13,15H2,1H3/t16-,17+,18+,19-,20-,21+,24?,26?,27+,28+/m0/s1. The molecule has 0 fully saturated rings. The number of hydrogen-bond donors (Lipinski definition) is 0. The summed E-state index contributed by atoms with van der Waals surface area (Å²) in [5, 5.41) is 0. The van der Waals surface area contributed by atoms with Crippen molar-refractivity contribution in [2.75, 3.05) is 0 Å². The lowest BCUT2D eigenvalue weighted by Gasteiger charge is -2.39. The largest absolute Gasteiger partial charge is 0.400 e. The normalized spacial score (nSPS) is 38.8. The van der Waals surface area contributed by atoms with Crippen LogP contribution in [-0.2, 0) is 4.74 Å². The zero-order valence-electron chi connectivity index (χ0n) is 22.7. The molecule has 4 aliphatic carbocycles. The Morgan fingerprint density at radius 1 is 0.732 bits per heavy atom. The van der Waals surface area contributed by atoms with E-state index in [1.54, 1.807) is 0 Å². The van der Waals surface area contributed by atoms with Crippen molar-refractivity contribution in [3.05, 3.63) is 47.9 Å². The van der Waals surface area contributed by atoms with Gasteiger partial charge in [0.2, 0.25) is 0 Å². The predicted octanol–water partition coefficient (Wildman–Crippen LogP) is 10.2. The highest BCUT2D eigenvalue weighted by atomic mass is 19.4. The van der Waals surface area contributed by atoms with E-state index in [-0.39, 0.29) is 17.9 Å². The Morgan fingerprint density at radius 3 is 1.93 bits per heavy atom. The number of hydrogen-bond acceptors (Lipinski definition) is 1. The van der Waals surface area contributed by atoms with Gasteiger partial charge in [0.1, 0.15) is 35.8 Å². The molecule has 0 heterocycles. The molecule has 0 aromatic heterocycles. The van der Waals surface area contributed by atoms with Crippen LogP contribution >= 0.6 is 0 Å². The van der Waals surface area contributed by atoms with Gasteiger partial charge in [-0.15, -0.1) is 0 Å². The molecule has 1 nitrogen and oxygen atoms in total. The minimum Gasteiger partial charge on any atom is -0.312 e. The Hall–Kier alpha value is -1.78. The van der Waals surface area contributed by atoms with Gasteiger partial charge in [0.15, 0.2) is 0 Å². The number of ether oxygens (including phenoxy) is 1. The minimum atomic E-state index is -5.28. The first kappa shape index (κ1) is 32.1. The maximum absolute atomic E-state index is 15.2. The maximum atomic E-state index is 15.2. The van der Waals surface area contributed by atoms with E-state index in [9.17, 15) is 35.1 Å². The molecule has 0 saturated heterocycles. The monoisotopic (exact) mass is 602 g/mol. The molecular weight excluding hydrogens is 566 g/mol. The van der Waals surface area contributed by atoms with Crippen molar-refractivity contribution in [1.29, 1.82) is 0 Å². The van der Waals surface area contributed by atoms with Crippen LogP contribution in [0.2, 0.25) is 0 Å². The highest BCUT2D eigenvalue weighted by Crippen LogP contribution is 2.49. The smallest absolute Gasteiger partial charge is 0.312 e. The van der Waals surface area contributed by atoms with E-state index in [0.717, 1.165) is 38.2 Å². The summed E-state index contributed by atoms with van der Waals surface area (Å²) in [6.45, 7) is 2.14. The summed E-state index contributed by atoms with van der Waals surface area (Å²) in [6.07, 6.45) is -6.55. The Kier molecular flexibility index (Phi) is 10.1. The van der Waals surface area contributed by atoms with Crippen LogP contribution in [0.4, 0.5) is 43.9 Å². The Bertz CT molecular complexity index is 1030. The van der Waals surface area contributed by atoms with E-state index in [2.05, 4.69) is 23.8 Å². The molecule has 10 atom stereocenters. The lowest BCUT2D eigenvalue weighted by Crippen LogP contribution is -2.46. The number of halogens is 10. The Labute approximate surface area is 233 Å². The van der Waals surface area contributed by atoms with Gasteiger partial charge in [0, 0.05) is 12.3 Å². The molecule has 0 N–H and O–H groups in total. The first-order chi connectivity index (χ1) is 19.2. The molecule has 2 unspecified atom stereocenters. The second kappa shape index (κ2) is 12.8. The second-order valence-electron chi connectivity index (χ2n) is 11.9. The van der Waals surface area contributed by atoms with Gasteiger partial charge in [-0.3, -0.25) is 0 Å². The van der Waals surface area contributed by atoms with Crippen LogP contribution in [-0.4, -0.2) is 30.7 Å². The van der Waals surface area contributed by atoms with Crippen LogP contribution in [0, 0.1) is 41.4 Å². The third-order valence-corrected chi connectivity index (χ3v) is 9.05. The van der Waals surface area contributed by atoms with Gasteiger partial charge in [-0.2, -0.15) is 22.0 Å². The summed E-state index contributed by atoms with van der Waals surface area (Å²) in [6, 6.07) is 0. The number of rotatable bonds is 8. The maximum Gasteiger partial charge on any atom is 0.400 e. The summed E-state index contributed by atoms with van der Waals surface area (Å²) in [5.41, 5.74) is 0. The van der Waals surface area contributed by atoms with Crippen molar-refractivity contribution >= 4 is 0 Å². The molecule has 0 aromatic rings. The molecule has 232 valence electrons. The lowest BCUT2D eigenvalue weighted by molar-refractivity contribution is -0.296. The molecule has 0 bridgehead atoms. The van der Waals surface area contributed by atoms with E-state index in [1.807, 2.05) is 0 Å². The van der Waals surface area contributed by atoms with Gasteiger partial charge >= 0.3 is 12.3 Å². The topological polar surface area (TPSA) is 9.23 Å². The molecule has 0 spiro atoms. The van der Waals surface area contributed by atoms with Crippen LogP contribution in [0.15, 0.2) is 47.9 Å². The number of allylic oxidation sites excluding steroid dienone is 6. The summed E-state index contributed by atoms with van der Waals surface area (Å²) in [4.78, 5) is 0. The van der Waals surface area contributed by atoms with Crippen molar-refractivity contribution in [1.82, 2.24) is 0 Å². The summed E-state index contributed by atoms with van der Waals surface area (Å²) < 4.78 is 146. The molecule has 4 aliphatic rings. The summed E-state index contributed by atoms with van der Waals surface area (Å²) >= 11 is 0. The number of alkyl halides is 7. The van der Waals surface area contributed by atoms with Gasteiger partial charge in [0.05, 0.1) is 11.9 Å². The average molecular weight is 603 g/mol. The van der Waals surface area contributed by atoms with Crippen LogP contribution in [0.3, 0.4) is 0 Å². The van der Waals surface area contributed by atoms with Crippen molar-refractivity contribution in [2.45, 2.75) is 95.4 Å². The van der Waals surface area contributed by atoms with Gasteiger partial charge in [-0.25, -0.2) is 22.0 Å². The van der Waals surface area contributed by atoms with Crippen LogP contribution < -0.4 is 0 Å². The SMILES string of the molecule is CCCC[C@H]1C=C[C@@H]([C@H]2C=C(F)[C@@H]([C@H]3C=C(F)[C@@H](C(F)(F)O[C@H]4C=C(F)[C@@H](C(F)(F)F)C(F)C4)C(F)C3)CC2)CC1. The van der Waals surface area contributed by atoms with E-state index < -0.39 is 84.7 Å². The van der Waals surface area contributed by atoms with Gasteiger partial charge < -0.3 is 4.74 Å². The van der Waals surface area contributed by atoms with Gasteiger partial charge in [-0.1, -0.05) is 31.9 Å². The molecule has 0 saturated carbocycles. The van der Waals surface area contributed by atoms with Crippen molar-refractivity contribution in [2.24, 2.45) is 41.4 Å². The molecule has 0 aromatic carbocycles. The molecule has 0 aliphatic heterocycles. The van der Waals surface area contributed by atoms with Crippen LogP contribution in [0.5, 0.6) is 0 Å². The first-order valence-electron chi connectivity index (χ1n) is 14.4. The Balaban J connectivity index is 1.41. The van der Waals surface area contributed by atoms with Gasteiger partial charge in [-0.05, 0) is 80.4 Å². The fourth-order valence-corrected chi connectivity index (χ4v) is 6.84. The molecular formula is C30H36F10O. The van der Waals surface area contributed by atoms with Gasteiger partial charge in [0.25, 0.3) is 0 Å². The molecule has 11 heteroatoms. The van der Waals surface area contributed by atoms with E-state index in [1.165, 1.54) is 6.08 Å². The zero-order valence-corrected chi connectivity index (χ0v) is 22.7. The van der Waals surface area contributed by atoms with Crippen LogP contribution in [0.25, 0.3) is 0 Å². The second-order valence-corrected chi connectivity index (χ2v) is 11.9. The van der Waals surface area contributed by atoms with Crippen molar-refractivity contribution in [3.8, 4) is 0 Å². The first-order valence-corrected chi connectivity index (χ1v) is 14.4. The molecule has 0 radical (unpaired) electrons. The van der Waals surface area contributed by atoms with E-state index >= 15 is 8.78 Å². The fraction of sp³-hybridized carbons (Fsp3) is 0.733. The third-order valence-electron chi connectivity index (χ3n) is 9.05. The highest BCUT2D eigenvalue weighted by Gasteiger charge is 2.56. The predicted molar refractivity (Wildman–Crippen MR) is 134 cm³/mol. The quantitative estimate of drug-likeness (QED) is 0.198. The molecule has 41 heavy (non-hydrogen) atoms. The van der Waals surface area contributed by atoms with Crippen molar-refractivity contribution in [3.63, 3.8) is 0 Å². The van der Waals surface area contributed by atoms with Crippen molar-refractivity contribution < 1.29 is 48.6 Å². The lowest BCUT2D eigenvalue weighted by atomic mass is 9.70. The Morgan fingerprint density at radius 2 is 1.37 bits per heavy atom. The third kappa shape index (κ3) is 7.42. The zero-order chi connectivity index (χ0) is 30.1. The summed E-state index contributed by atoms with van der Waals surface area (Å²) in [7, 11) is 0. The van der Waals surface area contributed by atoms with Crippen LogP contribution in [0.1, 0.15) is 64.7 Å². The highest BCUT2D eigenvalue weighted by molar-refractivity contribution is 5.19. The fourth-order valence-electron chi connectivity index (χ4n) is 6.84. The van der Waals surface area contributed by atoms with E-state index in [4.69, 9.17) is 0 Å². The molecule has 4 rings (SSSR count). The minimum absolute atomic E-state index is 0.0566.